The number of carbonyl (C=O) groups excluding carboxylic acids is 1. The lowest BCUT2D eigenvalue weighted by atomic mass is 10.0. The maximum absolute atomic E-state index is 12.6. The van der Waals surface area contributed by atoms with Crippen LogP contribution in [0.4, 0.5) is 5.69 Å². The van der Waals surface area contributed by atoms with Crippen molar-refractivity contribution in [3.05, 3.63) is 59.7 Å². The highest BCUT2D eigenvalue weighted by atomic mass is 16.5. The number of nitrogens with zero attached hydrogens (tertiary/aromatic N) is 2. The summed E-state index contributed by atoms with van der Waals surface area (Å²) < 4.78 is 5.89. The Morgan fingerprint density at radius 1 is 1.24 bits per heavy atom. The van der Waals surface area contributed by atoms with Crippen molar-refractivity contribution in [1.29, 1.82) is 5.26 Å². The summed E-state index contributed by atoms with van der Waals surface area (Å²) in [5, 5.41) is 8.99. The molecule has 1 amide bonds. The molecule has 2 aromatic rings. The smallest absolute Gasteiger partial charge is 0.273 e. The predicted octanol–water partition coefficient (Wildman–Crippen LogP) is 2.99. The van der Waals surface area contributed by atoms with Crippen LogP contribution in [0.25, 0.3) is 0 Å². The number of hydrogen-bond donors (Lipinski definition) is 0. The SMILES string of the molecule is Cc1ccc2c(c1)OC(c1ccccc1)C(=O)N2CC#N. The van der Waals surface area contributed by atoms with Crippen LogP contribution in [0.5, 0.6) is 5.75 Å². The van der Waals surface area contributed by atoms with Gasteiger partial charge >= 0.3 is 0 Å². The van der Waals surface area contributed by atoms with E-state index in [9.17, 15) is 4.79 Å². The molecule has 3 rings (SSSR count). The minimum Gasteiger partial charge on any atom is -0.474 e. The number of fused-ring (bicyclic) bond motifs is 1. The number of rotatable bonds is 2. The van der Waals surface area contributed by atoms with Gasteiger partial charge in [-0.2, -0.15) is 5.26 Å². The highest BCUT2D eigenvalue weighted by molar-refractivity contribution is 6.00. The van der Waals surface area contributed by atoms with Crippen molar-refractivity contribution in [3.63, 3.8) is 0 Å². The molecule has 104 valence electrons. The van der Waals surface area contributed by atoms with Gasteiger partial charge in [0.05, 0.1) is 11.8 Å². The highest BCUT2D eigenvalue weighted by Gasteiger charge is 2.35. The van der Waals surface area contributed by atoms with E-state index in [-0.39, 0.29) is 12.5 Å². The second kappa shape index (κ2) is 5.29. The quantitative estimate of drug-likeness (QED) is 0.793. The van der Waals surface area contributed by atoms with Crippen molar-refractivity contribution < 1.29 is 9.53 Å². The second-order valence-corrected chi connectivity index (χ2v) is 4.96. The molecule has 0 fully saturated rings. The summed E-state index contributed by atoms with van der Waals surface area (Å²) in [6, 6.07) is 17.0. The fourth-order valence-electron chi connectivity index (χ4n) is 2.45. The topological polar surface area (TPSA) is 53.3 Å². The molecule has 0 spiro atoms. The number of aryl methyl sites for hydroxylation is 1. The summed E-state index contributed by atoms with van der Waals surface area (Å²) in [6.45, 7) is 1.98. The fourth-order valence-corrected chi connectivity index (χ4v) is 2.45. The van der Waals surface area contributed by atoms with E-state index in [1.54, 1.807) is 0 Å². The van der Waals surface area contributed by atoms with Crippen LogP contribution in [-0.4, -0.2) is 12.5 Å². The van der Waals surface area contributed by atoms with Crippen molar-refractivity contribution in [1.82, 2.24) is 0 Å². The van der Waals surface area contributed by atoms with Gasteiger partial charge in [0.1, 0.15) is 12.3 Å². The summed E-state index contributed by atoms with van der Waals surface area (Å²) in [6.07, 6.45) is -0.700. The highest BCUT2D eigenvalue weighted by Crippen LogP contribution is 2.39. The molecule has 0 radical (unpaired) electrons. The van der Waals surface area contributed by atoms with Crippen LogP contribution in [0, 0.1) is 18.3 Å². The molecule has 4 nitrogen and oxygen atoms in total. The van der Waals surface area contributed by atoms with Crippen molar-refractivity contribution >= 4 is 11.6 Å². The molecular weight excluding hydrogens is 264 g/mol. The molecule has 4 heteroatoms. The zero-order valence-corrected chi connectivity index (χ0v) is 11.6. The molecule has 1 aliphatic heterocycles. The minimum absolute atomic E-state index is 0.0155. The first-order chi connectivity index (χ1) is 10.2. The van der Waals surface area contributed by atoms with E-state index >= 15 is 0 Å². The Morgan fingerprint density at radius 3 is 2.71 bits per heavy atom. The molecule has 0 saturated carbocycles. The van der Waals surface area contributed by atoms with E-state index in [0.717, 1.165) is 11.1 Å². The predicted molar refractivity (Wildman–Crippen MR) is 79.0 cm³/mol. The molecule has 0 aromatic heterocycles. The Balaban J connectivity index is 2.07. The molecule has 21 heavy (non-hydrogen) atoms. The van der Waals surface area contributed by atoms with Gasteiger partial charge in [-0.1, -0.05) is 36.4 Å². The van der Waals surface area contributed by atoms with Gasteiger partial charge in [-0.3, -0.25) is 9.69 Å². The summed E-state index contributed by atoms with van der Waals surface area (Å²) in [7, 11) is 0. The number of amides is 1. The van der Waals surface area contributed by atoms with E-state index in [1.807, 2.05) is 61.5 Å². The molecule has 1 heterocycles. The number of benzene rings is 2. The van der Waals surface area contributed by atoms with Crippen LogP contribution < -0.4 is 9.64 Å². The Labute approximate surface area is 123 Å². The van der Waals surface area contributed by atoms with Gasteiger partial charge < -0.3 is 4.74 Å². The van der Waals surface area contributed by atoms with Gasteiger partial charge in [0, 0.05) is 5.56 Å². The lowest BCUT2D eigenvalue weighted by molar-refractivity contribution is -0.126. The van der Waals surface area contributed by atoms with Gasteiger partial charge in [0.15, 0.2) is 0 Å². The maximum Gasteiger partial charge on any atom is 0.273 e. The average Bonchev–Trinajstić information content (AvgIpc) is 2.51. The summed E-state index contributed by atoms with van der Waals surface area (Å²) >= 11 is 0. The van der Waals surface area contributed by atoms with Crippen molar-refractivity contribution in [2.75, 3.05) is 11.4 Å². The Morgan fingerprint density at radius 2 is 2.00 bits per heavy atom. The average molecular weight is 278 g/mol. The van der Waals surface area contributed by atoms with Crippen LogP contribution in [0.3, 0.4) is 0 Å². The lowest BCUT2D eigenvalue weighted by Gasteiger charge is -2.33. The number of ether oxygens (including phenoxy) is 1. The number of nitriles is 1. The van der Waals surface area contributed by atoms with Crippen LogP contribution in [0.2, 0.25) is 0 Å². The number of carbonyl (C=O) groups is 1. The summed E-state index contributed by atoms with van der Waals surface area (Å²) in [4.78, 5) is 14.1. The zero-order chi connectivity index (χ0) is 14.8. The Bertz CT molecular complexity index is 719. The van der Waals surface area contributed by atoms with Crippen molar-refractivity contribution in [2.24, 2.45) is 0 Å². The lowest BCUT2D eigenvalue weighted by Crippen LogP contribution is -2.41. The van der Waals surface area contributed by atoms with E-state index in [0.29, 0.717) is 11.4 Å². The molecule has 0 aliphatic carbocycles. The minimum atomic E-state index is -0.700. The van der Waals surface area contributed by atoms with Crippen molar-refractivity contribution in [2.45, 2.75) is 13.0 Å². The molecule has 2 aromatic carbocycles. The largest absolute Gasteiger partial charge is 0.474 e. The molecule has 0 bridgehead atoms. The van der Waals surface area contributed by atoms with Gasteiger partial charge in [0.2, 0.25) is 6.10 Å². The molecule has 1 aliphatic rings. The fraction of sp³-hybridized carbons (Fsp3) is 0.176. The standard InChI is InChI=1S/C17H14N2O2/c1-12-7-8-14-15(11-12)21-16(13-5-3-2-4-6-13)17(20)19(14)10-9-18/h2-8,11,16H,10H2,1H3. The third kappa shape index (κ3) is 2.34. The third-order valence-corrected chi connectivity index (χ3v) is 3.47. The third-order valence-electron chi connectivity index (χ3n) is 3.47. The van der Waals surface area contributed by atoms with E-state index in [4.69, 9.17) is 10.00 Å². The Kier molecular flexibility index (Phi) is 3.33. The van der Waals surface area contributed by atoms with Crippen LogP contribution >= 0.6 is 0 Å². The monoisotopic (exact) mass is 278 g/mol. The summed E-state index contributed by atoms with van der Waals surface area (Å²) in [5.41, 5.74) is 2.49. The van der Waals surface area contributed by atoms with Crippen LogP contribution in [0.1, 0.15) is 17.2 Å². The first-order valence-electron chi connectivity index (χ1n) is 6.71. The van der Waals surface area contributed by atoms with E-state index in [2.05, 4.69) is 0 Å². The van der Waals surface area contributed by atoms with Crippen LogP contribution in [0.15, 0.2) is 48.5 Å². The number of hydrogen-bond acceptors (Lipinski definition) is 3. The first kappa shape index (κ1) is 13.2. The summed E-state index contributed by atoms with van der Waals surface area (Å²) in [5.74, 6) is 0.429. The normalized spacial score (nSPS) is 16.9. The Hall–Kier alpha value is -2.80. The van der Waals surface area contributed by atoms with E-state index < -0.39 is 6.10 Å². The second-order valence-electron chi connectivity index (χ2n) is 4.96. The zero-order valence-electron chi connectivity index (χ0n) is 11.6. The maximum atomic E-state index is 12.6. The van der Waals surface area contributed by atoms with Gasteiger partial charge in [-0.25, -0.2) is 0 Å². The van der Waals surface area contributed by atoms with Gasteiger partial charge in [-0.15, -0.1) is 0 Å². The molecule has 0 N–H and O–H groups in total. The molecule has 0 saturated heterocycles. The number of anilines is 1. The van der Waals surface area contributed by atoms with Crippen LogP contribution in [-0.2, 0) is 4.79 Å². The first-order valence-corrected chi connectivity index (χ1v) is 6.71. The molecular formula is C17H14N2O2. The van der Waals surface area contributed by atoms with Gasteiger partial charge in [0.25, 0.3) is 5.91 Å². The molecule has 1 unspecified atom stereocenters. The molecule has 1 atom stereocenters. The van der Waals surface area contributed by atoms with E-state index in [1.165, 1.54) is 4.90 Å². The van der Waals surface area contributed by atoms with Gasteiger partial charge in [-0.05, 0) is 24.6 Å². The van der Waals surface area contributed by atoms with Crippen molar-refractivity contribution in [3.8, 4) is 11.8 Å².